The van der Waals surface area contributed by atoms with E-state index < -0.39 is 27.9 Å². The number of ether oxygens (including phenoxy) is 2. The number of hydrogen-bond donors (Lipinski definition) is 3. The molecule has 25 heavy (non-hydrogen) atoms. The third kappa shape index (κ3) is 6.33. The van der Waals surface area contributed by atoms with Gasteiger partial charge in [0.15, 0.2) is 0 Å². The smallest absolute Gasteiger partial charge is 0.248 e. The first kappa shape index (κ1) is 19.2. The van der Waals surface area contributed by atoms with Gasteiger partial charge in [-0.3, -0.25) is 9.59 Å². The lowest BCUT2D eigenvalue weighted by Gasteiger charge is -2.32. The maximum atomic E-state index is 11.9. The average Bonchev–Trinajstić information content (AvgIpc) is 2.55. The zero-order chi connectivity index (χ0) is 18.4. The van der Waals surface area contributed by atoms with Crippen LogP contribution in [-0.4, -0.2) is 58.4 Å². The van der Waals surface area contributed by atoms with Crippen molar-refractivity contribution in [2.75, 3.05) is 26.0 Å². The van der Waals surface area contributed by atoms with Crippen LogP contribution in [0.2, 0.25) is 0 Å². The van der Waals surface area contributed by atoms with Gasteiger partial charge in [0.25, 0.3) is 0 Å². The lowest BCUT2D eigenvalue weighted by molar-refractivity contribution is -0.122. The van der Waals surface area contributed by atoms with Gasteiger partial charge in [-0.1, -0.05) is 0 Å². The summed E-state index contributed by atoms with van der Waals surface area (Å²) in [6.07, 6.45) is 1.08. The Kier molecular flexibility index (Phi) is 6.34. The fourth-order valence-corrected chi connectivity index (χ4v) is 2.71. The molecule has 1 aromatic rings. The lowest BCUT2D eigenvalue weighted by atomic mass is 10.1. The second-order valence-electron chi connectivity index (χ2n) is 5.68. The van der Waals surface area contributed by atoms with Crippen LogP contribution in [0.3, 0.4) is 0 Å². The third-order valence-electron chi connectivity index (χ3n) is 3.57. The van der Waals surface area contributed by atoms with Gasteiger partial charge in [-0.15, -0.1) is 0 Å². The SMILES string of the molecule is CS(=O)(=O)NCC(=O)N[C@@H]1CCOC[C@H]1Oc1ccc(C(N)=O)cc1. The highest BCUT2D eigenvalue weighted by atomic mass is 32.2. The standard InChI is InChI=1S/C15H21N3O6S/c1-25(21,22)17-8-14(19)18-12-6-7-23-9-13(12)24-11-4-2-10(3-5-11)15(16)20/h2-5,12-13,17H,6-9H2,1H3,(H2,16,20)(H,18,19)/t12-,13-/m1/s1. The van der Waals surface area contributed by atoms with Crippen molar-refractivity contribution in [2.24, 2.45) is 5.73 Å². The number of nitrogens with two attached hydrogens (primary N) is 1. The van der Waals surface area contributed by atoms with Crippen LogP contribution in [0.4, 0.5) is 0 Å². The number of primary amides is 1. The highest BCUT2D eigenvalue weighted by Gasteiger charge is 2.29. The molecule has 4 N–H and O–H groups in total. The molecule has 1 fully saturated rings. The van der Waals surface area contributed by atoms with Crippen molar-refractivity contribution in [2.45, 2.75) is 18.6 Å². The molecule has 2 atom stereocenters. The minimum absolute atomic E-state index is 0.280. The summed E-state index contributed by atoms with van der Waals surface area (Å²) in [5.41, 5.74) is 5.55. The first-order chi connectivity index (χ1) is 11.7. The van der Waals surface area contributed by atoms with Crippen molar-refractivity contribution in [1.29, 1.82) is 0 Å². The molecule has 0 aromatic heterocycles. The molecule has 0 aliphatic carbocycles. The fourth-order valence-electron chi connectivity index (χ4n) is 2.32. The summed E-state index contributed by atoms with van der Waals surface area (Å²) in [5.74, 6) is -0.472. The zero-order valence-corrected chi connectivity index (χ0v) is 14.5. The molecule has 1 saturated heterocycles. The van der Waals surface area contributed by atoms with E-state index in [1.54, 1.807) is 24.3 Å². The molecule has 10 heteroatoms. The first-order valence-corrected chi connectivity index (χ1v) is 9.52. The molecule has 0 bridgehead atoms. The quantitative estimate of drug-likeness (QED) is 0.561. The van der Waals surface area contributed by atoms with E-state index >= 15 is 0 Å². The van der Waals surface area contributed by atoms with E-state index in [0.717, 1.165) is 6.26 Å². The number of hydrogen-bond acceptors (Lipinski definition) is 6. The van der Waals surface area contributed by atoms with Crippen molar-refractivity contribution in [3.05, 3.63) is 29.8 Å². The van der Waals surface area contributed by atoms with Crippen molar-refractivity contribution >= 4 is 21.8 Å². The predicted molar refractivity (Wildman–Crippen MR) is 89.6 cm³/mol. The van der Waals surface area contributed by atoms with Gasteiger partial charge in [-0.25, -0.2) is 13.1 Å². The molecule has 1 aliphatic heterocycles. The van der Waals surface area contributed by atoms with E-state index in [0.29, 0.717) is 24.3 Å². The zero-order valence-electron chi connectivity index (χ0n) is 13.7. The van der Waals surface area contributed by atoms with Crippen LogP contribution in [0.1, 0.15) is 16.8 Å². The van der Waals surface area contributed by atoms with Gasteiger partial charge in [-0.05, 0) is 30.7 Å². The lowest BCUT2D eigenvalue weighted by Crippen LogP contribution is -2.53. The summed E-state index contributed by atoms with van der Waals surface area (Å²) in [7, 11) is -3.44. The highest BCUT2D eigenvalue weighted by Crippen LogP contribution is 2.18. The Morgan fingerprint density at radius 3 is 2.60 bits per heavy atom. The molecule has 2 amide bonds. The topological polar surface area (TPSA) is 137 Å². The summed E-state index contributed by atoms with van der Waals surface area (Å²) in [6, 6.07) is 5.99. The van der Waals surface area contributed by atoms with Crippen LogP contribution in [0.25, 0.3) is 0 Å². The maximum absolute atomic E-state index is 11.9. The maximum Gasteiger partial charge on any atom is 0.248 e. The van der Waals surface area contributed by atoms with Gasteiger partial charge in [0.2, 0.25) is 21.8 Å². The average molecular weight is 371 g/mol. The molecule has 2 rings (SSSR count). The summed E-state index contributed by atoms with van der Waals surface area (Å²) in [5, 5.41) is 2.75. The van der Waals surface area contributed by atoms with Crippen LogP contribution in [0, 0.1) is 0 Å². The largest absolute Gasteiger partial charge is 0.486 e. The predicted octanol–water partition coefficient (Wildman–Crippen LogP) is -1.01. The van der Waals surface area contributed by atoms with Crippen LogP contribution < -0.4 is 20.5 Å². The number of carbonyl (C=O) groups excluding carboxylic acids is 2. The molecule has 0 radical (unpaired) electrons. The summed E-state index contributed by atoms with van der Waals surface area (Å²) >= 11 is 0. The number of rotatable bonds is 7. The first-order valence-electron chi connectivity index (χ1n) is 7.63. The minimum atomic E-state index is -3.44. The molecular weight excluding hydrogens is 350 g/mol. The van der Waals surface area contributed by atoms with Crippen molar-refractivity contribution in [3.63, 3.8) is 0 Å². The van der Waals surface area contributed by atoms with Gasteiger partial charge < -0.3 is 20.5 Å². The summed E-state index contributed by atoms with van der Waals surface area (Å²) < 4.78 is 35.4. The van der Waals surface area contributed by atoms with Gasteiger partial charge >= 0.3 is 0 Å². The highest BCUT2D eigenvalue weighted by molar-refractivity contribution is 7.88. The number of benzene rings is 1. The number of sulfonamides is 1. The molecule has 0 spiro atoms. The molecule has 0 saturated carbocycles. The Hall–Kier alpha value is -2.17. The Bertz CT molecular complexity index is 719. The summed E-state index contributed by atoms with van der Waals surface area (Å²) in [4.78, 5) is 23.0. The molecule has 0 unspecified atom stereocenters. The van der Waals surface area contributed by atoms with E-state index in [1.807, 2.05) is 0 Å². The minimum Gasteiger partial charge on any atom is -0.486 e. The second-order valence-corrected chi connectivity index (χ2v) is 7.51. The van der Waals surface area contributed by atoms with E-state index in [1.165, 1.54) is 0 Å². The van der Waals surface area contributed by atoms with Crippen molar-refractivity contribution < 1.29 is 27.5 Å². The molecule has 9 nitrogen and oxygen atoms in total. The van der Waals surface area contributed by atoms with Crippen molar-refractivity contribution in [3.8, 4) is 5.75 Å². The van der Waals surface area contributed by atoms with Gasteiger partial charge in [-0.2, -0.15) is 0 Å². The Balaban J connectivity index is 1.95. The van der Waals surface area contributed by atoms with Gasteiger partial charge in [0, 0.05) is 12.2 Å². The molecule has 138 valence electrons. The second kappa shape index (κ2) is 8.28. The molecular formula is C15H21N3O6S. The molecule has 1 aromatic carbocycles. The fraction of sp³-hybridized carbons (Fsp3) is 0.467. The third-order valence-corrected chi connectivity index (χ3v) is 4.24. The van der Waals surface area contributed by atoms with E-state index in [2.05, 4.69) is 10.0 Å². The normalized spacial score (nSPS) is 20.7. The molecule has 1 heterocycles. The Labute approximate surface area is 145 Å². The number of carbonyl (C=O) groups is 2. The number of nitrogens with one attached hydrogen (secondary N) is 2. The number of amides is 2. The van der Waals surface area contributed by atoms with E-state index in [4.69, 9.17) is 15.2 Å². The van der Waals surface area contributed by atoms with Gasteiger partial charge in [0.1, 0.15) is 11.9 Å². The molecule has 1 aliphatic rings. The van der Waals surface area contributed by atoms with Crippen LogP contribution >= 0.6 is 0 Å². The Morgan fingerprint density at radius 1 is 1.32 bits per heavy atom. The van der Waals surface area contributed by atoms with Crippen molar-refractivity contribution in [1.82, 2.24) is 10.0 Å². The van der Waals surface area contributed by atoms with Crippen LogP contribution in [0.15, 0.2) is 24.3 Å². The van der Waals surface area contributed by atoms with Crippen LogP contribution in [-0.2, 0) is 19.6 Å². The van der Waals surface area contributed by atoms with E-state index in [9.17, 15) is 18.0 Å². The Morgan fingerprint density at radius 2 is 2.00 bits per heavy atom. The van der Waals surface area contributed by atoms with Gasteiger partial charge in [0.05, 0.1) is 25.4 Å². The van der Waals surface area contributed by atoms with E-state index in [-0.39, 0.29) is 19.2 Å². The summed E-state index contributed by atoms with van der Waals surface area (Å²) in [6.45, 7) is 0.406. The van der Waals surface area contributed by atoms with Crippen LogP contribution in [0.5, 0.6) is 5.75 Å². The monoisotopic (exact) mass is 371 g/mol.